The number of carboxylic acids is 1. The second kappa shape index (κ2) is 8.17. The van der Waals surface area contributed by atoms with Crippen molar-refractivity contribution in [1.29, 1.82) is 5.26 Å². The molecule has 0 aliphatic rings. The first-order valence-corrected chi connectivity index (χ1v) is 7.32. The Morgan fingerprint density at radius 3 is 2.32 bits per heavy atom. The van der Waals surface area contributed by atoms with Crippen molar-refractivity contribution in [3.05, 3.63) is 71.4 Å². The number of hydrogen-bond acceptors (Lipinski definition) is 5. The number of nitrogen functional groups attached to an aromatic ring is 1. The molecule has 0 bridgehead atoms. The fourth-order valence-corrected chi connectivity index (χ4v) is 1.95. The fraction of sp³-hybridized carbons (Fsp3) is 0.0556. The number of carbonyl (C=O) groups excluding carboxylic acids is 1. The smallest absolute Gasteiger partial charge is 0.335 e. The lowest BCUT2D eigenvalue weighted by molar-refractivity contribution is -0.112. The highest BCUT2D eigenvalue weighted by Gasteiger charge is 2.09. The van der Waals surface area contributed by atoms with Crippen LogP contribution in [0.1, 0.15) is 15.9 Å². The minimum absolute atomic E-state index is 0.0843. The maximum atomic E-state index is 12.1. The third kappa shape index (κ3) is 5.11. The molecule has 2 aromatic carbocycles. The largest absolute Gasteiger partial charge is 0.478 e. The zero-order valence-corrected chi connectivity index (χ0v) is 13.2. The molecule has 126 valence electrons. The van der Waals surface area contributed by atoms with Crippen LogP contribution in [0.25, 0.3) is 0 Å². The topological polar surface area (TPSA) is 128 Å². The number of hydrogen-bond donors (Lipinski definition) is 4. The van der Waals surface area contributed by atoms with Crippen LogP contribution in [0.4, 0.5) is 11.4 Å². The van der Waals surface area contributed by atoms with E-state index in [0.29, 0.717) is 17.9 Å². The second-order valence-corrected chi connectivity index (χ2v) is 5.13. The van der Waals surface area contributed by atoms with Crippen LogP contribution in [-0.2, 0) is 11.3 Å². The van der Waals surface area contributed by atoms with E-state index >= 15 is 0 Å². The van der Waals surface area contributed by atoms with Gasteiger partial charge in [0.1, 0.15) is 11.6 Å². The van der Waals surface area contributed by atoms with Crippen LogP contribution in [0.15, 0.2) is 60.3 Å². The number of aromatic carboxylic acids is 1. The highest BCUT2D eigenvalue weighted by Crippen LogP contribution is 2.11. The number of amides is 1. The molecule has 0 unspecified atom stereocenters. The molecule has 0 spiro atoms. The summed E-state index contributed by atoms with van der Waals surface area (Å²) in [5.41, 5.74) is 7.60. The van der Waals surface area contributed by atoms with E-state index in [1.165, 1.54) is 18.3 Å². The number of carbonyl (C=O) groups is 2. The monoisotopic (exact) mass is 336 g/mol. The summed E-state index contributed by atoms with van der Waals surface area (Å²) < 4.78 is 0. The third-order valence-corrected chi connectivity index (χ3v) is 3.29. The first-order valence-electron chi connectivity index (χ1n) is 7.32. The van der Waals surface area contributed by atoms with Crippen LogP contribution in [0.5, 0.6) is 0 Å². The van der Waals surface area contributed by atoms with Gasteiger partial charge in [-0.3, -0.25) is 4.79 Å². The van der Waals surface area contributed by atoms with Gasteiger partial charge in [-0.1, -0.05) is 12.1 Å². The molecule has 0 saturated carbocycles. The molecule has 2 aromatic rings. The van der Waals surface area contributed by atoms with Gasteiger partial charge in [-0.15, -0.1) is 0 Å². The summed E-state index contributed by atoms with van der Waals surface area (Å²) in [6.45, 7) is 0.347. The maximum Gasteiger partial charge on any atom is 0.335 e. The first kappa shape index (κ1) is 17.6. The molecular formula is C18H16N4O3. The number of nitrogens with one attached hydrogen (secondary N) is 2. The molecule has 7 heteroatoms. The Bertz CT molecular complexity index is 834. The molecule has 0 atom stereocenters. The van der Waals surface area contributed by atoms with E-state index in [1.54, 1.807) is 36.4 Å². The van der Waals surface area contributed by atoms with Crippen molar-refractivity contribution < 1.29 is 14.7 Å². The molecule has 0 aromatic heterocycles. The van der Waals surface area contributed by atoms with Crippen molar-refractivity contribution in [2.45, 2.75) is 6.54 Å². The molecule has 0 fully saturated rings. The van der Waals surface area contributed by atoms with Crippen molar-refractivity contribution in [2.75, 3.05) is 11.1 Å². The normalized spacial score (nSPS) is 10.6. The van der Waals surface area contributed by atoms with E-state index in [9.17, 15) is 9.59 Å². The van der Waals surface area contributed by atoms with Crippen molar-refractivity contribution in [2.24, 2.45) is 0 Å². The molecule has 2 rings (SSSR count). The van der Waals surface area contributed by atoms with Crippen LogP contribution < -0.4 is 16.4 Å². The maximum absolute atomic E-state index is 12.1. The van der Waals surface area contributed by atoms with Crippen LogP contribution in [0.2, 0.25) is 0 Å². The molecule has 0 aliphatic heterocycles. The average Bonchev–Trinajstić information content (AvgIpc) is 2.61. The molecule has 0 radical (unpaired) electrons. The minimum Gasteiger partial charge on any atom is -0.478 e. The molecule has 1 amide bonds. The van der Waals surface area contributed by atoms with E-state index in [4.69, 9.17) is 16.1 Å². The lowest BCUT2D eigenvalue weighted by Gasteiger charge is -2.06. The van der Waals surface area contributed by atoms with Crippen LogP contribution in [0.3, 0.4) is 0 Å². The SMILES string of the molecule is N#C/C(=C/NCc1ccc(C(=O)O)cc1)C(=O)Nc1ccc(N)cc1. The number of anilines is 2. The summed E-state index contributed by atoms with van der Waals surface area (Å²) in [4.78, 5) is 22.8. The van der Waals surface area contributed by atoms with Crippen LogP contribution in [-0.4, -0.2) is 17.0 Å². The van der Waals surface area contributed by atoms with E-state index < -0.39 is 11.9 Å². The summed E-state index contributed by atoms with van der Waals surface area (Å²) in [5.74, 6) is -1.54. The Balaban J connectivity index is 1.95. The van der Waals surface area contributed by atoms with Gasteiger partial charge in [0.15, 0.2) is 0 Å². The van der Waals surface area contributed by atoms with E-state index in [2.05, 4.69) is 10.6 Å². The van der Waals surface area contributed by atoms with Crippen LogP contribution >= 0.6 is 0 Å². The Morgan fingerprint density at radius 2 is 1.76 bits per heavy atom. The van der Waals surface area contributed by atoms with Gasteiger partial charge in [0, 0.05) is 24.1 Å². The summed E-state index contributed by atoms with van der Waals surface area (Å²) in [6, 6.07) is 14.7. The lowest BCUT2D eigenvalue weighted by Crippen LogP contribution is -2.16. The summed E-state index contributed by atoms with van der Waals surface area (Å²) in [7, 11) is 0. The van der Waals surface area contributed by atoms with E-state index in [1.807, 2.05) is 6.07 Å². The summed E-state index contributed by atoms with van der Waals surface area (Å²) >= 11 is 0. The summed E-state index contributed by atoms with van der Waals surface area (Å²) in [6.07, 6.45) is 1.32. The van der Waals surface area contributed by atoms with Gasteiger partial charge in [0.05, 0.1) is 5.56 Å². The highest BCUT2D eigenvalue weighted by atomic mass is 16.4. The molecule has 0 heterocycles. The van der Waals surface area contributed by atoms with E-state index in [-0.39, 0.29) is 11.1 Å². The molecule has 0 saturated heterocycles. The zero-order valence-electron chi connectivity index (χ0n) is 13.2. The number of nitriles is 1. The number of benzene rings is 2. The van der Waals surface area contributed by atoms with Crippen molar-refractivity contribution in [3.63, 3.8) is 0 Å². The summed E-state index contributed by atoms with van der Waals surface area (Å²) in [5, 5.41) is 23.4. The molecular weight excluding hydrogens is 320 g/mol. The highest BCUT2D eigenvalue weighted by molar-refractivity contribution is 6.06. The Morgan fingerprint density at radius 1 is 1.12 bits per heavy atom. The van der Waals surface area contributed by atoms with Gasteiger partial charge in [0.25, 0.3) is 5.91 Å². The predicted molar refractivity (Wildman–Crippen MR) is 93.4 cm³/mol. The quantitative estimate of drug-likeness (QED) is 0.363. The molecule has 25 heavy (non-hydrogen) atoms. The van der Waals surface area contributed by atoms with Gasteiger partial charge in [-0.05, 0) is 42.0 Å². The Labute approximate surface area is 144 Å². The lowest BCUT2D eigenvalue weighted by atomic mass is 10.1. The van der Waals surface area contributed by atoms with Gasteiger partial charge in [-0.2, -0.15) is 5.26 Å². The number of nitrogens with zero attached hydrogens (tertiary/aromatic N) is 1. The molecule has 7 nitrogen and oxygen atoms in total. The standard InChI is InChI=1S/C18H16N4O3/c19-9-14(17(23)22-16-7-5-15(20)6-8-16)11-21-10-12-1-3-13(4-2-12)18(24)25/h1-8,11,21H,10,20H2,(H,22,23)(H,24,25)/b14-11-. The number of carboxylic acid groups (broad SMARTS) is 1. The van der Waals surface area contributed by atoms with Crippen molar-refractivity contribution in [3.8, 4) is 6.07 Å². The Kier molecular flexibility index (Phi) is 5.74. The van der Waals surface area contributed by atoms with Gasteiger partial charge < -0.3 is 21.5 Å². The second-order valence-electron chi connectivity index (χ2n) is 5.13. The zero-order chi connectivity index (χ0) is 18.2. The first-order chi connectivity index (χ1) is 12.0. The van der Waals surface area contributed by atoms with Crippen molar-refractivity contribution in [1.82, 2.24) is 5.32 Å². The van der Waals surface area contributed by atoms with E-state index in [0.717, 1.165) is 5.56 Å². The minimum atomic E-state index is -0.995. The Hall–Kier alpha value is -3.79. The van der Waals surface area contributed by atoms with Gasteiger partial charge in [0.2, 0.25) is 0 Å². The number of nitrogens with two attached hydrogens (primary N) is 1. The predicted octanol–water partition coefficient (Wildman–Crippen LogP) is 2.10. The number of rotatable bonds is 6. The molecule has 5 N–H and O–H groups in total. The van der Waals surface area contributed by atoms with Crippen LogP contribution in [0, 0.1) is 11.3 Å². The van der Waals surface area contributed by atoms with Gasteiger partial charge >= 0.3 is 5.97 Å². The van der Waals surface area contributed by atoms with Crippen molar-refractivity contribution >= 4 is 23.3 Å². The average molecular weight is 336 g/mol. The fourth-order valence-electron chi connectivity index (χ4n) is 1.95. The third-order valence-electron chi connectivity index (χ3n) is 3.29. The molecule has 0 aliphatic carbocycles. The van der Waals surface area contributed by atoms with Gasteiger partial charge in [-0.25, -0.2) is 4.79 Å².